The van der Waals surface area contributed by atoms with Crippen LogP contribution in [0.5, 0.6) is 0 Å². The van der Waals surface area contributed by atoms with Crippen molar-refractivity contribution in [1.29, 1.82) is 0 Å². The monoisotopic (exact) mass is 889 g/mol. The van der Waals surface area contributed by atoms with Gasteiger partial charge >= 0.3 is 335 Å². The fraction of sp³-hybridized carbons (Fsp3) is 0.182. The average molecular weight is 893 g/mol. The predicted octanol–water partition coefficient (Wildman–Crippen LogP) is 15.3. The summed E-state index contributed by atoms with van der Waals surface area (Å²) < 4.78 is -0.0521. The summed E-state index contributed by atoms with van der Waals surface area (Å²) in [6, 6.07) is 42.8. The van der Waals surface area contributed by atoms with Gasteiger partial charge < -0.3 is 0 Å². The zero-order valence-corrected chi connectivity index (χ0v) is 37.8. The van der Waals surface area contributed by atoms with E-state index in [1.165, 1.54) is 77.2 Å². The SMILES string of the molecule is CC1=Cc2c(-c3cccc4ccccc34)cccc2[CH]1[Zr]([Cl])([Cl])([CH]1C(C)=Cc2c(-c3cccc4ccccc34)cccc21)[SiH](C)CCC[Si](Cl)(Cl)Cl. The van der Waals surface area contributed by atoms with Crippen molar-refractivity contribution in [3.8, 4) is 22.3 Å². The van der Waals surface area contributed by atoms with Crippen molar-refractivity contribution in [3.63, 3.8) is 0 Å². The number of allylic oxidation sites excluding steroid dienone is 2. The molecule has 3 unspecified atom stereocenters. The minimum absolute atomic E-state index is 0.0260. The molecule has 0 amide bonds. The van der Waals surface area contributed by atoms with Gasteiger partial charge in [0.05, 0.1) is 0 Å². The van der Waals surface area contributed by atoms with Crippen molar-refractivity contribution in [3.05, 3.63) is 155 Å². The van der Waals surface area contributed by atoms with Crippen molar-refractivity contribution in [2.45, 2.75) is 46.2 Å². The molecule has 0 spiro atoms. The molecule has 0 saturated carbocycles. The molecule has 0 saturated heterocycles. The maximum absolute atomic E-state index is 8.81. The molecule has 0 heterocycles. The van der Waals surface area contributed by atoms with Crippen LogP contribution in [0.15, 0.2) is 132 Å². The van der Waals surface area contributed by atoms with Crippen LogP contribution in [0.2, 0.25) is 18.6 Å². The Labute approximate surface area is 331 Å². The Morgan fingerprint density at radius 3 is 1.42 bits per heavy atom. The molecule has 0 nitrogen and oxygen atoms in total. The molecule has 2 aliphatic rings. The zero-order chi connectivity index (χ0) is 36.4. The molecule has 8 heteroatoms. The van der Waals surface area contributed by atoms with Crippen molar-refractivity contribution < 1.29 is 15.6 Å². The Hall–Kier alpha value is -1.91. The van der Waals surface area contributed by atoms with E-state index in [4.69, 9.17) is 50.3 Å². The van der Waals surface area contributed by atoms with Crippen LogP contribution in [-0.2, 0) is 15.6 Å². The van der Waals surface area contributed by atoms with Gasteiger partial charge in [0.15, 0.2) is 0 Å². The van der Waals surface area contributed by atoms with Crippen LogP contribution in [0.4, 0.5) is 0 Å². The molecular weight excluding hydrogens is 853 g/mol. The summed E-state index contributed by atoms with van der Waals surface area (Å²) in [6.07, 6.45) is 5.63. The number of rotatable bonds is 9. The third kappa shape index (κ3) is 6.20. The summed E-state index contributed by atoms with van der Waals surface area (Å²) in [5.74, 6) is -1.89. The third-order valence-electron chi connectivity index (χ3n) is 11.9. The van der Waals surface area contributed by atoms with Gasteiger partial charge in [-0.3, -0.25) is 0 Å². The first-order chi connectivity index (χ1) is 24.9. The van der Waals surface area contributed by atoms with E-state index in [0.717, 1.165) is 12.5 Å². The summed E-state index contributed by atoms with van der Waals surface area (Å²) in [4.78, 5) is 0. The summed E-state index contributed by atoms with van der Waals surface area (Å²) in [5, 5.41) is 4.96. The number of hydrogen-bond acceptors (Lipinski definition) is 0. The molecule has 3 atom stereocenters. The second kappa shape index (κ2) is 14.0. The van der Waals surface area contributed by atoms with Gasteiger partial charge in [-0.05, 0) is 0 Å². The second-order valence-corrected chi connectivity index (χ2v) is 65.6. The second-order valence-electron chi connectivity index (χ2n) is 14.9. The van der Waals surface area contributed by atoms with Gasteiger partial charge in [0.1, 0.15) is 0 Å². The van der Waals surface area contributed by atoms with Crippen molar-refractivity contribution >= 4 is 95.9 Å². The molecule has 2 aliphatic carbocycles. The topological polar surface area (TPSA) is 0 Å². The standard InChI is InChI=1S/2C20H15.C4H10Cl3Si2.2ClH.Zr/c2*1-14-12-16-8-5-11-19(20(16)13-14)18-10-4-7-15-6-2-3-9-17(15)18;1-8-3-2-4-9(5,6)7;;;/h2*2-13H,1H3;8H,2-4H2,1H3;2*1H;/q;;;;;+2/p-2. The van der Waals surface area contributed by atoms with Crippen LogP contribution in [0, 0.1) is 0 Å². The van der Waals surface area contributed by atoms with Gasteiger partial charge in [0.2, 0.25) is 0 Å². The first kappa shape index (κ1) is 37.0. The molecule has 0 fully saturated rings. The van der Waals surface area contributed by atoms with Crippen LogP contribution in [-0.4, -0.2) is 11.9 Å². The van der Waals surface area contributed by atoms with Crippen molar-refractivity contribution in [1.82, 2.24) is 0 Å². The third-order valence-corrected chi connectivity index (χ3v) is 65.2. The van der Waals surface area contributed by atoms with Gasteiger partial charge in [0, 0.05) is 0 Å². The normalized spacial score (nSPS) is 18.4. The zero-order valence-electron chi connectivity index (χ0n) is 29.4. The van der Waals surface area contributed by atoms with Gasteiger partial charge in [0.25, 0.3) is 0 Å². The Kier molecular flexibility index (Phi) is 9.96. The molecule has 0 aliphatic heterocycles. The molecule has 0 aromatic heterocycles. The van der Waals surface area contributed by atoms with Gasteiger partial charge in [-0.15, -0.1) is 0 Å². The van der Waals surface area contributed by atoms with Crippen molar-refractivity contribution in [2.75, 3.05) is 0 Å². The van der Waals surface area contributed by atoms with E-state index in [9.17, 15) is 0 Å². The summed E-state index contributed by atoms with van der Waals surface area (Å²) >= 11 is 14.3. The van der Waals surface area contributed by atoms with Crippen LogP contribution in [0.1, 0.15) is 49.8 Å². The van der Waals surface area contributed by atoms with E-state index in [0.29, 0.717) is 6.04 Å². The Bertz CT molecular complexity index is 2280. The summed E-state index contributed by atoms with van der Waals surface area (Å²) in [5.41, 5.74) is 12.5. The van der Waals surface area contributed by atoms with Crippen LogP contribution in [0.3, 0.4) is 0 Å². The summed E-state index contributed by atoms with van der Waals surface area (Å²) in [7, 11) is 17.6. The number of fused-ring (bicyclic) bond motifs is 4. The van der Waals surface area contributed by atoms with E-state index >= 15 is 0 Å². The van der Waals surface area contributed by atoms with E-state index < -0.39 is 27.5 Å². The molecule has 52 heavy (non-hydrogen) atoms. The average Bonchev–Trinajstić information content (AvgIpc) is 3.67. The molecule has 0 bridgehead atoms. The minimum atomic E-state index is -5.08. The van der Waals surface area contributed by atoms with Crippen LogP contribution in [0.25, 0.3) is 56.0 Å². The van der Waals surface area contributed by atoms with E-state index in [1.54, 1.807) is 0 Å². The molecular formula is C44H40Cl5Si2Zr. The molecule has 263 valence electrons. The molecule has 0 N–H and O–H groups in total. The van der Waals surface area contributed by atoms with Gasteiger partial charge in [-0.25, -0.2) is 0 Å². The van der Waals surface area contributed by atoms with Crippen LogP contribution < -0.4 is 0 Å². The Morgan fingerprint density at radius 1 is 0.558 bits per heavy atom. The van der Waals surface area contributed by atoms with Gasteiger partial charge in [-0.2, -0.15) is 0 Å². The van der Waals surface area contributed by atoms with Gasteiger partial charge in [-0.1, -0.05) is 0 Å². The van der Waals surface area contributed by atoms with Crippen molar-refractivity contribution in [2.24, 2.45) is 0 Å². The molecule has 6 aromatic carbocycles. The first-order valence-electron chi connectivity index (χ1n) is 18.1. The predicted molar refractivity (Wildman–Crippen MR) is 234 cm³/mol. The fourth-order valence-electron chi connectivity index (χ4n) is 9.58. The van der Waals surface area contributed by atoms with E-state index in [-0.39, 0.29) is 7.25 Å². The number of halogens is 5. The molecule has 6 aromatic rings. The molecule has 0 radical (unpaired) electrons. The van der Waals surface area contributed by atoms with E-state index in [2.05, 4.69) is 154 Å². The number of hydrogen-bond donors (Lipinski definition) is 0. The van der Waals surface area contributed by atoms with E-state index in [1.807, 2.05) is 0 Å². The summed E-state index contributed by atoms with van der Waals surface area (Å²) in [6.45, 7) is 6.98. The molecule has 8 rings (SSSR count). The Balaban J connectivity index is 1.32. The Morgan fingerprint density at radius 2 is 0.962 bits per heavy atom. The quantitative estimate of drug-likeness (QED) is 0.100. The first-order valence-corrected chi connectivity index (χ1v) is 39.3. The fourth-order valence-corrected chi connectivity index (χ4v) is 53.9. The maximum atomic E-state index is 8.81. The van der Waals surface area contributed by atoms with Crippen LogP contribution >= 0.6 is 50.3 Å². The number of benzene rings is 6.